The maximum Gasteiger partial charge on any atom is 0.103 e. The van der Waals surface area contributed by atoms with Crippen molar-refractivity contribution in [3.05, 3.63) is 261 Å². The monoisotopic (exact) mass is 923 g/mol. The molecule has 0 nitrogen and oxygen atoms in total. The van der Waals surface area contributed by atoms with E-state index in [9.17, 15) is 0 Å². The minimum absolute atomic E-state index is 1.23. The number of hydrogen-bond donors (Lipinski definition) is 0. The van der Waals surface area contributed by atoms with Gasteiger partial charge in [0.05, 0.1) is 7.92 Å². The van der Waals surface area contributed by atoms with Crippen molar-refractivity contribution < 1.29 is 0 Å². The highest BCUT2D eigenvalue weighted by molar-refractivity contribution is 7.79. The van der Waals surface area contributed by atoms with Gasteiger partial charge < -0.3 is 0 Å². The minimum atomic E-state index is -1.38. The van der Waals surface area contributed by atoms with Gasteiger partial charge in [-0.25, -0.2) is 0 Å². The van der Waals surface area contributed by atoms with Crippen LogP contribution in [0.2, 0.25) is 0 Å². The second-order valence-electron chi connectivity index (χ2n) is 18.5. The molecule has 0 radical (unpaired) electrons. The lowest BCUT2D eigenvalue weighted by Crippen LogP contribution is -2.21. The molecule has 1 aliphatic rings. The van der Waals surface area contributed by atoms with Crippen LogP contribution in [-0.2, 0) is 0 Å². The second kappa shape index (κ2) is 16.8. The van der Waals surface area contributed by atoms with Gasteiger partial charge in [0.2, 0.25) is 0 Å². The highest BCUT2D eigenvalue weighted by Crippen LogP contribution is 2.59. The summed E-state index contributed by atoms with van der Waals surface area (Å²) in [7, 11) is -1.38. The van der Waals surface area contributed by atoms with E-state index in [1.807, 2.05) is 11.3 Å². The van der Waals surface area contributed by atoms with Crippen LogP contribution in [-0.4, -0.2) is 0 Å². The average Bonchev–Trinajstić information content (AvgIpc) is 3.97. The first-order valence-electron chi connectivity index (χ1n) is 24.2. The predicted molar refractivity (Wildman–Crippen MR) is 306 cm³/mol. The SMILES string of the molecule is c1ccc(-c2cccc([PH+](c3ccc(-c4ccc5c(c4)sc4cc6c7c(cccc7c45)-c4c-6c(-c5ccccc5)c5ccccc5c4-c4ccccc4)cc3)c3cccc(-c4ccccc4)c3)c2)cc1. The number of fused-ring (bicyclic) bond motifs is 8. The van der Waals surface area contributed by atoms with Crippen molar-refractivity contribution in [1.82, 2.24) is 0 Å². The Morgan fingerprint density at radius 1 is 0.229 bits per heavy atom. The number of hydrogen-bond acceptors (Lipinski definition) is 1. The van der Waals surface area contributed by atoms with Crippen LogP contribution in [0.1, 0.15) is 0 Å². The lowest BCUT2D eigenvalue weighted by atomic mass is 9.82. The first kappa shape index (κ1) is 40.8. The predicted octanol–water partition coefficient (Wildman–Crippen LogP) is 17.8. The smallest absolute Gasteiger partial charge is 0.103 e. The van der Waals surface area contributed by atoms with Crippen LogP contribution >= 0.6 is 19.3 Å². The van der Waals surface area contributed by atoms with Gasteiger partial charge >= 0.3 is 0 Å². The van der Waals surface area contributed by atoms with Gasteiger partial charge in [-0.05, 0) is 148 Å². The van der Waals surface area contributed by atoms with E-state index in [1.54, 1.807) is 0 Å². The van der Waals surface area contributed by atoms with Crippen molar-refractivity contribution in [2.24, 2.45) is 0 Å². The molecule has 0 atom stereocenters. The molecule has 1 aromatic heterocycles. The molecular formula is C68H44PS+. The van der Waals surface area contributed by atoms with Gasteiger partial charge in [0, 0.05) is 20.2 Å². The fraction of sp³-hybridized carbons (Fsp3) is 0. The van der Waals surface area contributed by atoms with Crippen LogP contribution in [0, 0.1) is 0 Å². The lowest BCUT2D eigenvalue weighted by molar-refractivity contribution is 1.62. The molecule has 0 unspecified atom stereocenters. The summed E-state index contributed by atoms with van der Waals surface area (Å²) in [6.07, 6.45) is 0. The third-order valence-corrected chi connectivity index (χ3v) is 18.3. The van der Waals surface area contributed by atoms with E-state index in [-0.39, 0.29) is 0 Å². The summed E-state index contributed by atoms with van der Waals surface area (Å²) in [5.41, 5.74) is 17.9. The molecule has 0 aliphatic heterocycles. The van der Waals surface area contributed by atoms with E-state index in [1.165, 1.54) is 136 Å². The Hall–Kier alpha value is -8.19. The zero-order valence-electron chi connectivity index (χ0n) is 38.2. The number of thiophene rings is 1. The van der Waals surface area contributed by atoms with E-state index in [0.717, 1.165) is 0 Å². The van der Waals surface area contributed by atoms with Crippen LogP contribution in [0.3, 0.4) is 0 Å². The molecule has 0 spiro atoms. The number of benzene rings is 12. The second-order valence-corrected chi connectivity index (χ2v) is 22.0. The largest absolute Gasteiger partial charge is 0.135 e. The van der Waals surface area contributed by atoms with Crippen molar-refractivity contribution in [3.63, 3.8) is 0 Å². The molecule has 0 N–H and O–H groups in total. The summed E-state index contributed by atoms with van der Waals surface area (Å²) < 4.78 is 2.64. The van der Waals surface area contributed by atoms with Gasteiger partial charge in [-0.15, -0.1) is 11.3 Å². The maximum absolute atomic E-state index is 2.52. The summed E-state index contributed by atoms with van der Waals surface area (Å²) in [5.74, 6) is 0. The molecule has 326 valence electrons. The van der Waals surface area contributed by atoms with Crippen molar-refractivity contribution in [2.45, 2.75) is 0 Å². The van der Waals surface area contributed by atoms with Crippen LogP contribution < -0.4 is 15.9 Å². The molecule has 2 heteroatoms. The molecule has 1 heterocycles. The quantitative estimate of drug-likeness (QED) is 0.133. The normalized spacial score (nSPS) is 11.8. The van der Waals surface area contributed by atoms with Crippen molar-refractivity contribution in [2.75, 3.05) is 0 Å². The standard InChI is InChI=1S/C68H43PS/c1-5-18-44(19-6-1)49-26-15-28-53(40-49)69(54-29-16-27-50(41-54)45-20-7-2-8-21-45)52-37-34-46(35-38-52)51-36-39-57-61(42-51)70-62-43-60-65-58(66(57)62)32-17-33-59(65)67-63(47-22-9-3-10-23-47)55-30-13-14-31-56(55)64(68(60)67)48-24-11-4-12-25-48/h1-43H/p+1. The first-order chi connectivity index (χ1) is 34.7. The van der Waals surface area contributed by atoms with Crippen LogP contribution in [0.25, 0.3) is 120 Å². The molecule has 14 rings (SSSR count). The van der Waals surface area contributed by atoms with Crippen LogP contribution in [0.4, 0.5) is 0 Å². The van der Waals surface area contributed by atoms with E-state index < -0.39 is 7.92 Å². The Morgan fingerprint density at radius 2 is 0.671 bits per heavy atom. The summed E-state index contributed by atoms with van der Waals surface area (Å²) >= 11 is 1.93. The fourth-order valence-electron chi connectivity index (χ4n) is 11.4. The molecule has 12 aromatic carbocycles. The molecule has 13 aromatic rings. The van der Waals surface area contributed by atoms with E-state index in [2.05, 4.69) is 261 Å². The first-order valence-corrected chi connectivity index (χ1v) is 26.5. The third-order valence-electron chi connectivity index (χ3n) is 14.5. The van der Waals surface area contributed by atoms with Gasteiger partial charge in [-0.2, -0.15) is 0 Å². The zero-order valence-corrected chi connectivity index (χ0v) is 40.1. The van der Waals surface area contributed by atoms with Gasteiger partial charge in [0.25, 0.3) is 0 Å². The van der Waals surface area contributed by atoms with Crippen LogP contribution in [0.5, 0.6) is 0 Å². The molecule has 0 amide bonds. The van der Waals surface area contributed by atoms with E-state index >= 15 is 0 Å². The highest BCUT2D eigenvalue weighted by atomic mass is 32.1. The maximum atomic E-state index is 2.52. The average molecular weight is 924 g/mol. The summed E-state index contributed by atoms with van der Waals surface area (Å²) in [6, 6.07) is 97.3. The van der Waals surface area contributed by atoms with Crippen molar-refractivity contribution in [3.8, 4) is 77.9 Å². The molecule has 0 saturated heterocycles. The van der Waals surface area contributed by atoms with E-state index in [4.69, 9.17) is 0 Å². The van der Waals surface area contributed by atoms with Crippen molar-refractivity contribution in [1.29, 1.82) is 0 Å². The summed E-state index contributed by atoms with van der Waals surface area (Å²) in [5, 5.41) is 12.1. The minimum Gasteiger partial charge on any atom is -0.135 e. The Labute approximate surface area is 413 Å². The molecule has 0 bridgehead atoms. The molecule has 1 aliphatic carbocycles. The topological polar surface area (TPSA) is 0 Å². The zero-order chi connectivity index (χ0) is 46.1. The molecule has 0 saturated carbocycles. The van der Waals surface area contributed by atoms with Crippen LogP contribution in [0.15, 0.2) is 261 Å². The summed E-state index contributed by atoms with van der Waals surface area (Å²) in [6.45, 7) is 0. The van der Waals surface area contributed by atoms with Gasteiger partial charge in [-0.3, -0.25) is 0 Å². The Balaban J connectivity index is 0.901. The third kappa shape index (κ3) is 6.69. The highest BCUT2D eigenvalue weighted by Gasteiger charge is 2.32. The number of rotatable bonds is 8. The molecule has 70 heavy (non-hydrogen) atoms. The van der Waals surface area contributed by atoms with Crippen molar-refractivity contribution >= 4 is 76.9 Å². The van der Waals surface area contributed by atoms with Gasteiger partial charge in [-0.1, -0.05) is 212 Å². The molecular weight excluding hydrogens is 880 g/mol. The molecule has 0 fully saturated rings. The van der Waals surface area contributed by atoms with E-state index in [0.29, 0.717) is 0 Å². The van der Waals surface area contributed by atoms with Gasteiger partial charge in [0.15, 0.2) is 0 Å². The fourth-order valence-corrected chi connectivity index (χ4v) is 15.2. The Kier molecular flexibility index (Phi) is 9.80. The lowest BCUT2D eigenvalue weighted by Gasteiger charge is -2.20. The Bertz CT molecular complexity index is 4050. The Morgan fingerprint density at radius 3 is 1.24 bits per heavy atom. The summed E-state index contributed by atoms with van der Waals surface area (Å²) in [4.78, 5) is 0. The van der Waals surface area contributed by atoms with Gasteiger partial charge in [0.1, 0.15) is 15.9 Å².